The van der Waals surface area contributed by atoms with Gasteiger partial charge in [-0.25, -0.2) is 4.79 Å². The number of nitrogens with zero attached hydrogens (tertiary/aromatic N) is 3. The van der Waals surface area contributed by atoms with Crippen LogP contribution in [0.2, 0.25) is 0 Å². The lowest BCUT2D eigenvalue weighted by molar-refractivity contribution is -0.154. The Morgan fingerprint density at radius 2 is 1.83 bits per heavy atom. The molecule has 10 heteroatoms. The van der Waals surface area contributed by atoms with E-state index >= 15 is 0 Å². The molecule has 0 radical (unpaired) electrons. The standard InChI is InChI=1S/C20H32N4O6/c1-5-23(6-2)15(25)11-22(4)16(26)13-30-17(27)12-24-18(28)20(21-19(24)29)10-8-7-9-14(20)3/h14H,5-13H2,1-4H3,(H,21,29)/t14-,20-/m1/s1. The maximum atomic E-state index is 12.8. The number of urea groups is 1. The van der Waals surface area contributed by atoms with E-state index < -0.39 is 42.5 Å². The van der Waals surface area contributed by atoms with Crippen molar-refractivity contribution < 1.29 is 28.7 Å². The predicted octanol–water partition coefficient (Wildman–Crippen LogP) is 0.357. The minimum Gasteiger partial charge on any atom is -0.454 e. The summed E-state index contributed by atoms with van der Waals surface area (Å²) in [5.74, 6) is -2.02. The van der Waals surface area contributed by atoms with Gasteiger partial charge in [0.15, 0.2) is 6.61 Å². The Morgan fingerprint density at radius 1 is 1.17 bits per heavy atom. The summed E-state index contributed by atoms with van der Waals surface area (Å²) in [6.45, 7) is 5.47. The number of carbonyl (C=O) groups is 5. The zero-order chi connectivity index (χ0) is 22.5. The van der Waals surface area contributed by atoms with Gasteiger partial charge >= 0.3 is 12.0 Å². The maximum absolute atomic E-state index is 12.8. The van der Waals surface area contributed by atoms with Gasteiger partial charge in [-0.2, -0.15) is 0 Å². The number of carbonyl (C=O) groups excluding carboxylic acids is 5. The number of likely N-dealkylation sites (N-methyl/N-ethyl adjacent to an activating group) is 2. The summed E-state index contributed by atoms with van der Waals surface area (Å²) in [5, 5.41) is 2.76. The van der Waals surface area contributed by atoms with Gasteiger partial charge < -0.3 is 19.9 Å². The predicted molar refractivity (Wildman–Crippen MR) is 107 cm³/mol. The molecule has 0 bridgehead atoms. The van der Waals surface area contributed by atoms with Crippen LogP contribution in [0.4, 0.5) is 4.79 Å². The molecule has 1 saturated carbocycles. The first-order chi connectivity index (χ1) is 14.2. The number of imide groups is 1. The molecule has 1 saturated heterocycles. The SMILES string of the molecule is CCN(CC)C(=O)CN(C)C(=O)COC(=O)CN1C(=O)N[C@@]2(CCCC[C@H]2C)C1=O. The highest BCUT2D eigenvalue weighted by molar-refractivity contribution is 6.09. The van der Waals surface area contributed by atoms with Crippen molar-refractivity contribution in [1.82, 2.24) is 20.0 Å². The van der Waals surface area contributed by atoms with Crippen LogP contribution in [0.3, 0.4) is 0 Å². The highest BCUT2D eigenvalue weighted by atomic mass is 16.5. The van der Waals surface area contributed by atoms with Gasteiger partial charge in [-0.3, -0.25) is 24.1 Å². The van der Waals surface area contributed by atoms with Gasteiger partial charge in [0.25, 0.3) is 11.8 Å². The molecule has 1 spiro atoms. The number of rotatable bonds is 8. The Morgan fingerprint density at radius 3 is 2.43 bits per heavy atom. The van der Waals surface area contributed by atoms with Crippen LogP contribution in [0, 0.1) is 5.92 Å². The second-order valence-electron chi connectivity index (χ2n) is 7.92. The minimum atomic E-state index is -0.948. The smallest absolute Gasteiger partial charge is 0.326 e. The molecule has 30 heavy (non-hydrogen) atoms. The molecule has 2 fully saturated rings. The van der Waals surface area contributed by atoms with Crippen LogP contribution >= 0.6 is 0 Å². The van der Waals surface area contributed by atoms with Crippen molar-refractivity contribution in [1.29, 1.82) is 0 Å². The van der Waals surface area contributed by atoms with Crippen LogP contribution in [0.25, 0.3) is 0 Å². The lowest BCUT2D eigenvalue weighted by Gasteiger charge is -2.36. The molecule has 1 heterocycles. The molecule has 5 amide bonds. The third kappa shape index (κ3) is 4.91. The third-order valence-corrected chi connectivity index (χ3v) is 6.06. The average molecular weight is 424 g/mol. The Kier molecular flexibility index (Phi) is 7.80. The molecular formula is C20H32N4O6. The lowest BCUT2D eigenvalue weighted by Crippen LogP contribution is -2.54. The van der Waals surface area contributed by atoms with Crippen LogP contribution in [0.5, 0.6) is 0 Å². The van der Waals surface area contributed by atoms with Crippen molar-refractivity contribution in [3.63, 3.8) is 0 Å². The average Bonchev–Trinajstić information content (AvgIpc) is 2.94. The van der Waals surface area contributed by atoms with Crippen molar-refractivity contribution >= 4 is 29.7 Å². The van der Waals surface area contributed by atoms with Crippen LogP contribution in [-0.4, -0.2) is 89.8 Å². The van der Waals surface area contributed by atoms with Crippen molar-refractivity contribution in [2.45, 2.75) is 52.0 Å². The number of nitrogens with one attached hydrogen (secondary N) is 1. The van der Waals surface area contributed by atoms with Crippen molar-refractivity contribution in [3.8, 4) is 0 Å². The van der Waals surface area contributed by atoms with Gasteiger partial charge in [-0.05, 0) is 32.6 Å². The monoisotopic (exact) mass is 424 g/mol. The second-order valence-corrected chi connectivity index (χ2v) is 7.92. The lowest BCUT2D eigenvalue weighted by atomic mass is 9.73. The van der Waals surface area contributed by atoms with E-state index in [4.69, 9.17) is 4.74 Å². The molecule has 0 aromatic heterocycles. The molecule has 0 unspecified atom stereocenters. The molecule has 0 aromatic rings. The van der Waals surface area contributed by atoms with Gasteiger partial charge in [0.1, 0.15) is 12.1 Å². The summed E-state index contributed by atoms with van der Waals surface area (Å²) in [7, 11) is 1.45. The summed E-state index contributed by atoms with van der Waals surface area (Å²) in [4.78, 5) is 65.2. The molecule has 1 N–H and O–H groups in total. The van der Waals surface area contributed by atoms with Crippen LogP contribution in [0.1, 0.15) is 46.5 Å². The summed E-state index contributed by atoms with van der Waals surface area (Å²) < 4.78 is 4.95. The van der Waals surface area contributed by atoms with Gasteiger partial charge in [-0.1, -0.05) is 19.8 Å². The van der Waals surface area contributed by atoms with E-state index in [9.17, 15) is 24.0 Å². The fourth-order valence-electron chi connectivity index (χ4n) is 4.03. The first kappa shape index (κ1) is 23.6. The molecule has 1 aliphatic heterocycles. The molecule has 1 aliphatic carbocycles. The fraction of sp³-hybridized carbons (Fsp3) is 0.750. The third-order valence-electron chi connectivity index (χ3n) is 6.06. The molecule has 10 nitrogen and oxygen atoms in total. The van der Waals surface area contributed by atoms with Gasteiger partial charge in [0, 0.05) is 20.1 Å². The highest BCUT2D eigenvalue weighted by Crippen LogP contribution is 2.38. The molecular weight excluding hydrogens is 392 g/mol. The van der Waals surface area contributed by atoms with Gasteiger partial charge in [0.2, 0.25) is 5.91 Å². The van der Waals surface area contributed by atoms with E-state index in [1.54, 1.807) is 4.90 Å². The highest BCUT2D eigenvalue weighted by Gasteiger charge is 2.55. The first-order valence-electron chi connectivity index (χ1n) is 10.5. The molecule has 2 atom stereocenters. The van der Waals surface area contributed by atoms with E-state index in [-0.39, 0.29) is 18.4 Å². The van der Waals surface area contributed by atoms with E-state index in [1.807, 2.05) is 20.8 Å². The Bertz CT molecular complexity index is 707. The largest absolute Gasteiger partial charge is 0.454 e. The minimum absolute atomic E-state index is 0.0118. The first-order valence-corrected chi connectivity index (χ1v) is 10.5. The Balaban J connectivity index is 1.85. The number of hydrogen-bond acceptors (Lipinski definition) is 6. The van der Waals surface area contributed by atoms with Crippen molar-refractivity contribution in [3.05, 3.63) is 0 Å². The van der Waals surface area contributed by atoms with Crippen LogP contribution in [-0.2, 0) is 23.9 Å². The quantitative estimate of drug-likeness (QED) is 0.444. The van der Waals surface area contributed by atoms with Crippen molar-refractivity contribution in [2.24, 2.45) is 5.92 Å². The summed E-state index contributed by atoms with van der Waals surface area (Å²) in [6, 6.07) is -0.612. The topological polar surface area (TPSA) is 116 Å². The second kappa shape index (κ2) is 9.90. The van der Waals surface area contributed by atoms with Gasteiger partial charge in [-0.15, -0.1) is 0 Å². The van der Waals surface area contributed by atoms with Gasteiger partial charge in [0.05, 0.1) is 6.54 Å². The summed E-state index contributed by atoms with van der Waals surface area (Å²) >= 11 is 0. The van der Waals surface area contributed by atoms with E-state index in [0.717, 1.165) is 24.2 Å². The van der Waals surface area contributed by atoms with E-state index in [2.05, 4.69) is 5.32 Å². The van der Waals surface area contributed by atoms with Crippen LogP contribution < -0.4 is 5.32 Å². The molecule has 0 aromatic carbocycles. The Labute approximate surface area is 176 Å². The molecule has 2 aliphatic rings. The van der Waals surface area contributed by atoms with E-state index in [1.165, 1.54) is 11.9 Å². The molecule has 168 valence electrons. The summed E-state index contributed by atoms with van der Waals surface area (Å²) in [6.07, 6.45) is 3.22. The number of hydrogen-bond donors (Lipinski definition) is 1. The number of ether oxygens (including phenoxy) is 1. The normalized spacial score (nSPS) is 23.3. The van der Waals surface area contributed by atoms with Crippen molar-refractivity contribution in [2.75, 3.05) is 39.8 Å². The van der Waals surface area contributed by atoms with E-state index in [0.29, 0.717) is 19.5 Å². The maximum Gasteiger partial charge on any atom is 0.326 e. The fourth-order valence-corrected chi connectivity index (χ4v) is 4.03. The van der Waals surface area contributed by atoms with Crippen LogP contribution in [0.15, 0.2) is 0 Å². The molecule has 2 rings (SSSR count). The number of esters is 1. The zero-order valence-corrected chi connectivity index (χ0v) is 18.2. The Hall–Kier alpha value is -2.65. The zero-order valence-electron chi connectivity index (χ0n) is 18.2. The summed E-state index contributed by atoms with van der Waals surface area (Å²) in [5.41, 5.74) is -0.948. The number of amides is 5.